The average molecular weight is 310 g/mol. The number of aryl methyl sites for hydroxylation is 1. The smallest absolute Gasteiger partial charge is 0.327 e. The molecule has 0 unspecified atom stereocenters. The van der Waals surface area contributed by atoms with Gasteiger partial charge in [0.2, 0.25) is 5.91 Å². The van der Waals surface area contributed by atoms with Crippen LogP contribution in [0, 0.1) is 0 Å². The molecule has 1 fully saturated rings. The number of nitrogens with one attached hydrogen (secondary N) is 3. The molecule has 1 saturated carbocycles. The van der Waals surface area contributed by atoms with E-state index in [-0.39, 0.29) is 18.4 Å². The van der Waals surface area contributed by atoms with Crippen molar-refractivity contribution in [1.82, 2.24) is 16.2 Å². The fraction of sp³-hybridized carbons (Fsp3) is 0.357. The Balaban J connectivity index is 1.67. The highest BCUT2D eigenvalue weighted by Crippen LogP contribution is 2.18. The van der Waals surface area contributed by atoms with E-state index >= 15 is 0 Å². The van der Waals surface area contributed by atoms with Gasteiger partial charge in [-0.05, 0) is 37.0 Å². The summed E-state index contributed by atoms with van der Waals surface area (Å²) in [5.74, 6) is -1.96. The van der Waals surface area contributed by atoms with Crippen molar-refractivity contribution in [3.63, 3.8) is 0 Å². The quantitative estimate of drug-likeness (QED) is 0.565. The van der Waals surface area contributed by atoms with Gasteiger partial charge < -0.3 is 5.32 Å². The molecule has 0 spiro atoms. The predicted molar refractivity (Wildman–Crippen MR) is 77.2 cm³/mol. The number of carbonyl (C=O) groups is 3. The number of rotatable bonds is 4. The molecule has 0 radical (unpaired) electrons. The van der Waals surface area contributed by atoms with Crippen molar-refractivity contribution in [1.29, 1.82) is 0 Å². The minimum absolute atomic E-state index is 0.0989. The Labute approximate surface area is 127 Å². The van der Waals surface area contributed by atoms with Crippen LogP contribution in [0.4, 0.5) is 0 Å². The zero-order chi connectivity index (χ0) is 15.2. The van der Waals surface area contributed by atoms with E-state index in [0.717, 1.165) is 18.4 Å². The van der Waals surface area contributed by atoms with Gasteiger partial charge in [-0.15, -0.1) is 0 Å². The second kappa shape index (κ2) is 7.08. The maximum atomic E-state index is 11.6. The third kappa shape index (κ3) is 5.43. The Hall–Kier alpha value is -2.08. The van der Waals surface area contributed by atoms with E-state index in [1.54, 1.807) is 18.2 Å². The van der Waals surface area contributed by atoms with E-state index in [1.165, 1.54) is 0 Å². The maximum Gasteiger partial charge on any atom is 0.327 e. The first-order chi connectivity index (χ1) is 10.0. The maximum absolute atomic E-state index is 11.6. The number of halogens is 1. The molecule has 112 valence electrons. The van der Waals surface area contributed by atoms with Crippen molar-refractivity contribution in [2.45, 2.75) is 31.7 Å². The molecule has 7 heteroatoms. The highest BCUT2D eigenvalue weighted by Gasteiger charge is 2.26. The molecule has 6 nitrogen and oxygen atoms in total. The average Bonchev–Trinajstić information content (AvgIpc) is 3.26. The van der Waals surface area contributed by atoms with Crippen LogP contribution in [0.5, 0.6) is 0 Å². The Morgan fingerprint density at radius 3 is 2.57 bits per heavy atom. The van der Waals surface area contributed by atoms with Gasteiger partial charge in [-0.1, -0.05) is 23.7 Å². The molecule has 0 heterocycles. The molecule has 0 atom stereocenters. The first-order valence-electron chi connectivity index (χ1n) is 6.69. The summed E-state index contributed by atoms with van der Waals surface area (Å²) >= 11 is 5.84. The van der Waals surface area contributed by atoms with Crippen LogP contribution >= 0.6 is 11.6 Å². The second-order valence-electron chi connectivity index (χ2n) is 4.88. The summed E-state index contributed by atoms with van der Waals surface area (Å²) in [5, 5.41) is 3.13. The van der Waals surface area contributed by atoms with Gasteiger partial charge in [-0.3, -0.25) is 25.2 Å². The highest BCUT2D eigenvalue weighted by molar-refractivity contribution is 6.35. The summed E-state index contributed by atoms with van der Waals surface area (Å²) < 4.78 is 0. The molecule has 0 saturated heterocycles. The van der Waals surface area contributed by atoms with Gasteiger partial charge in [-0.25, -0.2) is 0 Å². The van der Waals surface area contributed by atoms with Crippen LogP contribution in [-0.4, -0.2) is 23.8 Å². The van der Waals surface area contributed by atoms with Crippen LogP contribution in [0.2, 0.25) is 5.02 Å². The largest absolute Gasteiger partial charge is 0.345 e. The molecule has 2 rings (SSSR count). The lowest BCUT2D eigenvalue weighted by atomic mass is 10.1. The first kappa shape index (κ1) is 15.3. The zero-order valence-corrected chi connectivity index (χ0v) is 12.1. The van der Waals surface area contributed by atoms with E-state index < -0.39 is 11.8 Å². The van der Waals surface area contributed by atoms with Gasteiger partial charge in [0.25, 0.3) is 0 Å². The molecule has 3 amide bonds. The standard InChI is InChI=1S/C14H16ClN3O3/c15-10-3-1-2-9(8-10)4-7-12(19)17-18-14(21)13(20)16-11-5-6-11/h1-3,8,11H,4-7H2,(H,16,20)(H,17,19)(H,18,21). The van der Waals surface area contributed by atoms with Gasteiger partial charge in [0, 0.05) is 17.5 Å². The predicted octanol–water partition coefficient (Wildman–Crippen LogP) is 0.699. The number of hydrogen-bond acceptors (Lipinski definition) is 3. The summed E-state index contributed by atoms with van der Waals surface area (Å²) in [7, 11) is 0. The van der Waals surface area contributed by atoms with Crippen LogP contribution in [0.15, 0.2) is 24.3 Å². The summed E-state index contributed by atoms with van der Waals surface area (Å²) in [5.41, 5.74) is 5.22. The molecule has 1 aromatic rings. The number of benzene rings is 1. The molecular weight excluding hydrogens is 294 g/mol. The second-order valence-corrected chi connectivity index (χ2v) is 5.32. The van der Waals surface area contributed by atoms with E-state index in [9.17, 15) is 14.4 Å². The van der Waals surface area contributed by atoms with Crippen LogP contribution in [-0.2, 0) is 20.8 Å². The Kier molecular flexibility index (Phi) is 5.16. The molecule has 0 bridgehead atoms. The van der Waals surface area contributed by atoms with E-state index in [2.05, 4.69) is 16.2 Å². The number of carbonyl (C=O) groups excluding carboxylic acids is 3. The SMILES string of the molecule is O=C(CCc1cccc(Cl)c1)NNC(=O)C(=O)NC1CC1. The summed E-state index contributed by atoms with van der Waals surface area (Å²) in [6.07, 6.45) is 2.47. The van der Waals surface area contributed by atoms with Gasteiger partial charge in [0.15, 0.2) is 0 Å². The summed E-state index contributed by atoms with van der Waals surface area (Å²) in [6.45, 7) is 0. The normalized spacial score (nSPS) is 13.4. The molecule has 3 N–H and O–H groups in total. The van der Waals surface area contributed by atoms with Crippen LogP contribution in [0.25, 0.3) is 0 Å². The molecular formula is C14H16ClN3O3. The van der Waals surface area contributed by atoms with E-state index in [4.69, 9.17) is 11.6 Å². The Bertz CT molecular complexity index is 558. The highest BCUT2D eigenvalue weighted by atomic mass is 35.5. The lowest BCUT2D eigenvalue weighted by Gasteiger charge is -2.07. The third-order valence-corrected chi connectivity index (χ3v) is 3.20. The van der Waals surface area contributed by atoms with Crippen molar-refractivity contribution < 1.29 is 14.4 Å². The van der Waals surface area contributed by atoms with E-state index in [1.807, 2.05) is 6.07 Å². The van der Waals surface area contributed by atoms with Crippen LogP contribution in [0.1, 0.15) is 24.8 Å². The molecule has 0 aromatic heterocycles. The lowest BCUT2D eigenvalue weighted by Crippen LogP contribution is -2.49. The van der Waals surface area contributed by atoms with Crippen molar-refractivity contribution in [2.75, 3.05) is 0 Å². The minimum atomic E-state index is -0.863. The number of hydrazine groups is 1. The summed E-state index contributed by atoms with van der Waals surface area (Å²) in [4.78, 5) is 34.3. The monoisotopic (exact) mass is 309 g/mol. The fourth-order valence-electron chi connectivity index (χ4n) is 1.67. The van der Waals surface area contributed by atoms with Crippen molar-refractivity contribution in [3.8, 4) is 0 Å². The molecule has 1 aliphatic carbocycles. The van der Waals surface area contributed by atoms with Gasteiger partial charge in [-0.2, -0.15) is 0 Å². The van der Waals surface area contributed by atoms with E-state index in [0.29, 0.717) is 11.4 Å². The summed E-state index contributed by atoms with van der Waals surface area (Å²) in [6, 6.07) is 7.29. The van der Waals surface area contributed by atoms with Crippen molar-refractivity contribution in [2.24, 2.45) is 0 Å². The van der Waals surface area contributed by atoms with Gasteiger partial charge in [0.05, 0.1) is 0 Å². The first-order valence-corrected chi connectivity index (χ1v) is 7.06. The lowest BCUT2D eigenvalue weighted by molar-refractivity contribution is -0.141. The zero-order valence-electron chi connectivity index (χ0n) is 11.3. The number of amides is 3. The third-order valence-electron chi connectivity index (χ3n) is 2.96. The van der Waals surface area contributed by atoms with Crippen molar-refractivity contribution in [3.05, 3.63) is 34.9 Å². The molecule has 1 aliphatic rings. The topological polar surface area (TPSA) is 87.3 Å². The fourth-order valence-corrected chi connectivity index (χ4v) is 1.89. The van der Waals surface area contributed by atoms with Gasteiger partial charge in [0.1, 0.15) is 0 Å². The molecule has 21 heavy (non-hydrogen) atoms. The van der Waals surface area contributed by atoms with Crippen molar-refractivity contribution >= 4 is 29.3 Å². The Morgan fingerprint density at radius 1 is 1.14 bits per heavy atom. The minimum Gasteiger partial charge on any atom is -0.345 e. The number of hydrogen-bond donors (Lipinski definition) is 3. The van der Waals surface area contributed by atoms with Crippen LogP contribution in [0.3, 0.4) is 0 Å². The molecule has 0 aliphatic heterocycles. The van der Waals surface area contributed by atoms with Crippen LogP contribution < -0.4 is 16.2 Å². The molecule has 1 aromatic carbocycles. The Morgan fingerprint density at radius 2 is 1.90 bits per heavy atom. The van der Waals surface area contributed by atoms with Gasteiger partial charge >= 0.3 is 11.8 Å².